The Morgan fingerprint density at radius 3 is 2.50 bits per heavy atom. The van der Waals surface area contributed by atoms with Crippen molar-refractivity contribution in [3.63, 3.8) is 0 Å². The van der Waals surface area contributed by atoms with Gasteiger partial charge in [0.05, 0.1) is 20.8 Å². The standard InChI is InChI=1S/C19H16ClF2N3O4S/c1-28-13-4-3-12(15(9-13)29-2)10-25(17-7-8-23-11-24-17)30(26,27)16-6-5-14(21)18(20)19(16)22/h3-9,11H,10H2,1-2H3. The number of sulfonamides is 1. The average Bonchev–Trinajstić information content (AvgIpc) is 2.76. The molecule has 2 aromatic carbocycles. The molecule has 0 saturated heterocycles. The lowest BCUT2D eigenvalue weighted by molar-refractivity contribution is 0.391. The van der Waals surface area contributed by atoms with Crippen molar-refractivity contribution >= 4 is 27.4 Å². The molecule has 0 fully saturated rings. The summed E-state index contributed by atoms with van der Waals surface area (Å²) in [5.74, 6) is -1.64. The highest BCUT2D eigenvalue weighted by Crippen LogP contribution is 2.32. The van der Waals surface area contributed by atoms with Gasteiger partial charge in [0.2, 0.25) is 0 Å². The second kappa shape index (κ2) is 8.80. The molecule has 0 aliphatic rings. The van der Waals surface area contributed by atoms with Crippen molar-refractivity contribution < 1.29 is 26.7 Å². The van der Waals surface area contributed by atoms with E-state index in [4.69, 9.17) is 21.1 Å². The van der Waals surface area contributed by atoms with Crippen LogP contribution in [-0.2, 0) is 16.6 Å². The van der Waals surface area contributed by atoms with Gasteiger partial charge in [-0.2, -0.15) is 0 Å². The summed E-state index contributed by atoms with van der Waals surface area (Å²) < 4.78 is 66.1. The molecule has 1 aromatic heterocycles. The molecule has 0 radical (unpaired) electrons. The molecule has 0 N–H and O–H groups in total. The highest BCUT2D eigenvalue weighted by atomic mass is 35.5. The molecule has 3 aromatic rings. The largest absolute Gasteiger partial charge is 0.497 e. The third-order valence-electron chi connectivity index (χ3n) is 4.20. The van der Waals surface area contributed by atoms with E-state index in [0.29, 0.717) is 17.1 Å². The molecule has 0 amide bonds. The van der Waals surface area contributed by atoms with Gasteiger partial charge in [0.25, 0.3) is 10.0 Å². The number of hydrogen-bond donors (Lipinski definition) is 0. The maximum atomic E-state index is 14.6. The molecule has 0 spiro atoms. The summed E-state index contributed by atoms with van der Waals surface area (Å²) in [7, 11) is -1.64. The fourth-order valence-electron chi connectivity index (χ4n) is 2.68. The van der Waals surface area contributed by atoms with Crippen molar-refractivity contribution in [2.75, 3.05) is 18.5 Å². The van der Waals surface area contributed by atoms with Crippen molar-refractivity contribution in [2.24, 2.45) is 0 Å². The van der Waals surface area contributed by atoms with Crippen LogP contribution in [0.25, 0.3) is 0 Å². The molecule has 0 aliphatic heterocycles. The number of ether oxygens (including phenoxy) is 2. The number of benzene rings is 2. The van der Waals surface area contributed by atoms with Crippen LogP contribution in [0.1, 0.15) is 5.56 Å². The molecule has 7 nitrogen and oxygen atoms in total. The van der Waals surface area contributed by atoms with Crippen LogP contribution in [0, 0.1) is 11.6 Å². The van der Waals surface area contributed by atoms with E-state index in [1.54, 1.807) is 18.2 Å². The zero-order valence-corrected chi connectivity index (χ0v) is 17.4. The number of rotatable bonds is 7. The van der Waals surface area contributed by atoms with Crippen LogP contribution in [0.5, 0.6) is 11.5 Å². The zero-order chi connectivity index (χ0) is 21.9. The van der Waals surface area contributed by atoms with E-state index < -0.39 is 31.6 Å². The molecule has 0 aliphatic carbocycles. The van der Waals surface area contributed by atoms with Gasteiger partial charge < -0.3 is 9.47 Å². The van der Waals surface area contributed by atoms with Gasteiger partial charge in [-0.25, -0.2) is 31.5 Å². The minimum absolute atomic E-state index is 0.0253. The minimum atomic E-state index is -4.53. The number of aromatic nitrogens is 2. The summed E-state index contributed by atoms with van der Waals surface area (Å²) in [5, 5.41) is -0.916. The third kappa shape index (κ3) is 4.14. The van der Waals surface area contributed by atoms with E-state index in [9.17, 15) is 17.2 Å². The van der Waals surface area contributed by atoms with Crippen LogP contribution in [0.3, 0.4) is 0 Å². The minimum Gasteiger partial charge on any atom is -0.497 e. The summed E-state index contributed by atoms with van der Waals surface area (Å²) in [6.07, 6.45) is 2.49. The van der Waals surface area contributed by atoms with Crippen LogP contribution in [0.15, 0.2) is 53.8 Å². The molecular weight excluding hydrogens is 440 g/mol. The smallest absolute Gasteiger partial charge is 0.268 e. The van der Waals surface area contributed by atoms with Crippen LogP contribution >= 0.6 is 11.6 Å². The Bertz CT molecular complexity index is 1160. The lowest BCUT2D eigenvalue weighted by Gasteiger charge is -2.24. The van der Waals surface area contributed by atoms with Gasteiger partial charge in [-0.3, -0.25) is 0 Å². The number of methoxy groups -OCH3 is 2. The lowest BCUT2D eigenvalue weighted by atomic mass is 10.2. The molecular formula is C19H16ClF2N3O4S. The number of halogens is 3. The first-order valence-electron chi connectivity index (χ1n) is 8.42. The monoisotopic (exact) mass is 455 g/mol. The summed E-state index contributed by atoms with van der Waals surface area (Å²) in [5.41, 5.74) is 0.453. The number of anilines is 1. The lowest BCUT2D eigenvalue weighted by Crippen LogP contribution is -2.32. The Labute approximate surface area is 176 Å². The van der Waals surface area contributed by atoms with Gasteiger partial charge in [-0.05, 0) is 24.3 Å². The summed E-state index contributed by atoms with van der Waals surface area (Å²) in [6.45, 7) is -0.263. The zero-order valence-electron chi connectivity index (χ0n) is 15.8. The second-order valence-electron chi connectivity index (χ2n) is 5.93. The number of nitrogens with zero attached hydrogens (tertiary/aromatic N) is 3. The molecule has 0 bridgehead atoms. The van der Waals surface area contributed by atoms with Crippen LogP contribution in [0.4, 0.5) is 14.6 Å². The Morgan fingerprint density at radius 1 is 1.10 bits per heavy atom. The van der Waals surface area contributed by atoms with E-state index in [1.807, 2.05) is 0 Å². The molecule has 30 heavy (non-hydrogen) atoms. The predicted molar refractivity (Wildman–Crippen MR) is 106 cm³/mol. The molecule has 11 heteroatoms. The Kier molecular flexibility index (Phi) is 6.37. The first-order chi connectivity index (χ1) is 14.3. The van der Waals surface area contributed by atoms with E-state index >= 15 is 0 Å². The van der Waals surface area contributed by atoms with Crippen molar-refractivity contribution in [3.05, 3.63) is 71.1 Å². The Morgan fingerprint density at radius 2 is 1.87 bits per heavy atom. The van der Waals surface area contributed by atoms with Gasteiger partial charge in [0.15, 0.2) is 5.82 Å². The topological polar surface area (TPSA) is 81.6 Å². The first-order valence-corrected chi connectivity index (χ1v) is 10.2. The normalized spacial score (nSPS) is 11.2. The van der Waals surface area contributed by atoms with Crippen LogP contribution in [-0.4, -0.2) is 32.6 Å². The van der Waals surface area contributed by atoms with Crippen molar-refractivity contribution in [1.82, 2.24) is 9.97 Å². The van der Waals surface area contributed by atoms with E-state index in [0.717, 1.165) is 22.8 Å². The van der Waals surface area contributed by atoms with E-state index in [2.05, 4.69) is 9.97 Å². The van der Waals surface area contributed by atoms with Crippen molar-refractivity contribution in [3.8, 4) is 11.5 Å². The summed E-state index contributed by atoms with van der Waals surface area (Å²) in [6, 6.07) is 7.75. The van der Waals surface area contributed by atoms with Crippen LogP contribution < -0.4 is 13.8 Å². The molecule has 0 atom stereocenters. The third-order valence-corrected chi connectivity index (χ3v) is 6.31. The highest BCUT2D eigenvalue weighted by Gasteiger charge is 2.31. The molecule has 1 heterocycles. The molecule has 3 rings (SSSR count). The van der Waals surface area contributed by atoms with E-state index in [-0.39, 0.29) is 12.4 Å². The molecule has 0 saturated carbocycles. The molecule has 0 unspecified atom stereocenters. The van der Waals surface area contributed by atoms with Crippen LogP contribution in [0.2, 0.25) is 5.02 Å². The SMILES string of the molecule is COc1ccc(CN(c2ccncn2)S(=O)(=O)c2ccc(F)c(Cl)c2F)c(OC)c1. The van der Waals surface area contributed by atoms with E-state index in [1.165, 1.54) is 26.5 Å². The first kappa shape index (κ1) is 21.7. The van der Waals surface area contributed by atoms with Gasteiger partial charge >= 0.3 is 0 Å². The Hall–Kier alpha value is -2.98. The average molecular weight is 456 g/mol. The van der Waals surface area contributed by atoms with Crippen molar-refractivity contribution in [1.29, 1.82) is 0 Å². The summed E-state index contributed by atoms with van der Waals surface area (Å²) in [4.78, 5) is 6.95. The fourth-order valence-corrected chi connectivity index (χ4v) is 4.37. The van der Waals surface area contributed by atoms with Gasteiger partial charge in [0.1, 0.15) is 39.4 Å². The van der Waals surface area contributed by atoms with Gasteiger partial charge in [-0.1, -0.05) is 11.6 Å². The maximum absolute atomic E-state index is 14.6. The predicted octanol–water partition coefficient (Wildman–Crippen LogP) is 3.82. The Balaban J connectivity index is 2.15. The quantitative estimate of drug-likeness (QED) is 0.504. The second-order valence-corrected chi connectivity index (χ2v) is 8.14. The summed E-state index contributed by atoms with van der Waals surface area (Å²) >= 11 is 5.59. The number of hydrogen-bond acceptors (Lipinski definition) is 6. The highest BCUT2D eigenvalue weighted by molar-refractivity contribution is 7.92. The van der Waals surface area contributed by atoms with Gasteiger partial charge in [0, 0.05) is 23.9 Å². The maximum Gasteiger partial charge on any atom is 0.268 e. The van der Waals surface area contributed by atoms with Crippen molar-refractivity contribution in [2.45, 2.75) is 11.4 Å². The fraction of sp³-hybridized carbons (Fsp3) is 0.158. The van der Waals surface area contributed by atoms with Gasteiger partial charge in [-0.15, -0.1) is 0 Å². The molecule has 158 valence electrons.